The summed E-state index contributed by atoms with van der Waals surface area (Å²) in [5.41, 5.74) is 2.87. The number of benzene rings is 1. The van der Waals surface area contributed by atoms with E-state index in [-0.39, 0.29) is 0 Å². The van der Waals surface area contributed by atoms with Crippen LogP contribution in [0.25, 0.3) is 0 Å². The maximum atomic E-state index is 5.63. The number of aliphatic imine (C=N–C) groups is 1. The van der Waals surface area contributed by atoms with E-state index < -0.39 is 0 Å². The molecule has 0 amide bonds. The van der Waals surface area contributed by atoms with Crippen molar-refractivity contribution in [2.24, 2.45) is 10.4 Å². The minimum atomic E-state index is 0.338. The first-order valence-corrected chi connectivity index (χ1v) is 10.8. The van der Waals surface area contributed by atoms with Gasteiger partial charge in [-0.05, 0) is 48.8 Å². The number of rotatable bonds is 10. The fraction of sp³-hybridized carbons (Fsp3) is 0.565. The molecule has 158 valence electrons. The highest BCUT2D eigenvalue weighted by Crippen LogP contribution is 2.40. The Balaban J connectivity index is 1.54. The van der Waals surface area contributed by atoms with E-state index in [1.54, 1.807) is 0 Å². The van der Waals surface area contributed by atoms with Gasteiger partial charge in [0.2, 0.25) is 0 Å². The topological polar surface area (TPSA) is 63.5 Å². The van der Waals surface area contributed by atoms with Gasteiger partial charge in [-0.15, -0.1) is 0 Å². The molecule has 3 rings (SSSR count). The fourth-order valence-corrected chi connectivity index (χ4v) is 4.20. The number of guanidine groups is 1. The average molecular weight is 398 g/mol. The summed E-state index contributed by atoms with van der Waals surface area (Å²) >= 11 is 0. The van der Waals surface area contributed by atoms with E-state index in [1.165, 1.54) is 36.8 Å². The lowest BCUT2D eigenvalue weighted by atomic mass is 9.83. The van der Waals surface area contributed by atoms with Gasteiger partial charge in [-0.25, -0.2) is 0 Å². The highest BCUT2D eigenvalue weighted by atomic mass is 16.5. The molecule has 0 unspecified atom stereocenters. The molecule has 1 aromatic heterocycles. The molecule has 0 bridgehead atoms. The Kier molecular flexibility index (Phi) is 8.11. The number of hydrogen-bond donors (Lipinski definition) is 2. The number of aromatic nitrogens is 2. The second-order valence-corrected chi connectivity index (χ2v) is 7.91. The first kappa shape index (κ1) is 21.4. The van der Waals surface area contributed by atoms with Crippen LogP contribution in [0.15, 0.2) is 47.7 Å². The first-order chi connectivity index (χ1) is 14.2. The Morgan fingerprint density at radius 2 is 1.97 bits per heavy atom. The summed E-state index contributed by atoms with van der Waals surface area (Å²) in [7, 11) is 1.84. The van der Waals surface area contributed by atoms with Crippen molar-refractivity contribution in [2.75, 3.05) is 26.8 Å². The number of nitrogens with one attached hydrogen (secondary N) is 2. The molecule has 2 N–H and O–H groups in total. The highest BCUT2D eigenvalue weighted by molar-refractivity contribution is 5.79. The Morgan fingerprint density at radius 1 is 1.17 bits per heavy atom. The van der Waals surface area contributed by atoms with Crippen molar-refractivity contribution in [3.05, 3.63) is 53.9 Å². The lowest BCUT2D eigenvalue weighted by Crippen LogP contribution is -2.43. The van der Waals surface area contributed by atoms with Crippen LogP contribution in [-0.4, -0.2) is 42.5 Å². The molecule has 2 aromatic rings. The molecule has 0 spiro atoms. The van der Waals surface area contributed by atoms with Gasteiger partial charge in [0.25, 0.3) is 0 Å². The molecule has 1 aliphatic rings. The molecule has 1 saturated carbocycles. The monoisotopic (exact) mass is 397 g/mol. The number of ether oxygens (including phenoxy) is 1. The largest absolute Gasteiger partial charge is 0.382 e. The maximum absolute atomic E-state index is 5.63. The highest BCUT2D eigenvalue weighted by Gasteiger charge is 2.33. The van der Waals surface area contributed by atoms with Crippen molar-refractivity contribution in [2.45, 2.75) is 52.1 Å². The molecule has 0 radical (unpaired) electrons. The number of nitrogens with zero attached hydrogens (tertiary/aromatic N) is 3. The standard InChI is InChI=1S/C23H35N5O/c1-3-29-16-13-23(11-6-7-12-23)19-26-22(24-2)25-17-20-9-4-5-10-21(20)18-28-15-8-14-27-28/h4-5,8-10,14-15H,3,6-7,11-13,16-19H2,1-2H3,(H2,24,25,26). The Bertz CT molecular complexity index is 750. The normalized spacial score (nSPS) is 16.1. The summed E-state index contributed by atoms with van der Waals surface area (Å²) in [4.78, 5) is 4.44. The molecule has 6 nitrogen and oxygen atoms in total. The van der Waals surface area contributed by atoms with E-state index in [2.05, 4.69) is 51.9 Å². The van der Waals surface area contributed by atoms with E-state index in [4.69, 9.17) is 4.74 Å². The van der Waals surface area contributed by atoms with Crippen LogP contribution in [0.2, 0.25) is 0 Å². The van der Waals surface area contributed by atoms with E-state index in [9.17, 15) is 0 Å². The van der Waals surface area contributed by atoms with E-state index in [0.29, 0.717) is 5.41 Å². The van der Waals surface area contributed by atoms with E-state index >= 15 is 0 Å². The zero-order valence-corrected chi connectivity index (χ0v) is 17.9. The van der Waals surface area contributed by atoms with Crippen molar-refractivity contribution in [3.8, 4) is 0 Å². The van der Waals surface area contributed by atoms with Crippen molar-refractivity contribution in [1.29, 1.82) is 0 Å². The Morgan fingerprint density at radius 3 is 2.66 bits per heavy atom. The maximum Gasteiger partial charge on any atom is 0.191 e. The minimum Gasteiger partial charge on any atom is -0.382 e. The summed E-state index contributed by atoms with van der Waals surface area (Å²) < 4.78 is 7.59. The van der Waals surface area contributed by atoms with Crippen LogP contribution in [0.3, 0.4) is 0 Å². The van der Waals surface area contributed by atoms with Crippen molar-refractivity contribution in [1.82, 2.24) is 20.4 Å². The van der Waals surface area contributed by atoms with Gasteiger partial charge in [-0.3, -0.25) is 9.67 Å². The summed E-state index contributed by atoms with van der Waals surface area (Å²) in [6.07, 6.45) is 10.1. The lowest BCUT2D eigenvalue weighted by molar-refractivity contribution is 0.105. The van der Waals surface area contributed by atoms with Gasteiger partial charge in [0.1, 0.15) is 0 Å². The van der Waals surface area contributed by atoms with Gasteiger partial charge >= 0.3 is 0 Å². The van der Waals surface area contributed by atoms with Gasteiger partial charge in [0, 0.05) is 45.7 Å². The molecule has 1 fully saturated rings. The second kappa shape index (κ2) is 11.0. The van der Waals surface area contributed by atoms with Crippen LogP contribution < -0.4 is 10.6 Å². The van der Waals surface area contributed by atoms with Gasteiger partial charge in [0.15, 0.2) is 5.96 Å². The molecular formula is C23H35N5O. The predicted molar refractivity (Wildman–Crippen MR) is 118 cm³/mol. The third-order valence-corrected chi connectivity index (χ3v) is 5.96. The van der Waals surface area contributed by atoms with Crippen molar-refractivity contribution in [3.63, 3.8) is 0 Å². The van der Waals surface area contributed by atoms with Gasteiger partial charge in [-0.2, -0.15) is 5.10 Å². The molecule has 1 aromatic carbocycles. The molecule has 1 aliphatic carbocycles. The van der Waals surface area contributed by atoms with Crippen LogP contribution in [0, 0.1) is 5.41 Å². The Hall–Kier alpha value is -2.34. The third kappa shape index (κ3) is 6.32. The summed E-state index contributed by atoms with van der Waals surface area (Å²) in [5, 5.41) is 11.4. The third-order valence-electron chi connectivity index (χ3n) is 5.96. The van der Waals surface area contributed by atoms with Gasteiger partial charge in [0.05, 0.1) is 6.54 Å². The molecule has 0 saturated heterocycles. The van der Waals surface area contributed by atoms with Crippen LogP contribution in [-0.2, 0) is 17.8 Å². The van der Waals surface area contributed by atoms with Crippen molar-refractivity contribution < 1.29 is 4.74 Å². The SMILES string of the molecule is CCOCCC1(CNC(=NC)NCc2ccccc2Cn2cccn2)CCCC1. The summed E-state index contributed by atoms with van der Waals surface area (Å²) in [6, 6.07) is 10.4. The number of hydrogen-bond acceptors (Lipinski definition) is 3. The Labute approximate surface area is 174 Å². The smallest absolute Gasteiger partial charge is 0.191 e. The molecule has 0 aliphatic heterocycles. The summed E-state index contributed by atoms with van der Waals surface area (Å²) in [6.45, 7) is 6.18. The average Bonchev–Trinajstić information content (AvgIpc) is 3.42. The predicted octanol–water partition coefficient (Wildman–Crippen LogP) is 3.58. The van der Waals surface area contributed by atoms with Gasteiger partial charge < -0.3 is 15.4 Å². The molecule has 1 heterocycles. The van der Waals surface area contributed by atoms with Crippen LogP contribution in [0.1, 0.15) is 50.2 Å². The lowest BCUT2D eigenvalue weighted by Gasteiger charge is -2.30. The summed E-state index contributed by atoms with van der Waals surface area (Å²) in [5.74, 6) is 0.863. The van der Waals surface area contributed by atoms with E-state index in [0.717, 1.165) is 45.2 Å². The zero-order chi connectivity index (χ0) is 20.4. The molecule has 29 heavy (non-hydrogen) atoms. The van der Waals surface area contributed by atoms with Crippen LogP contribution >= 0.6 is 0 Å². The fourth-order valence-electron chi connectivity index (χ4n) is 4.20. The van der Waals surface area contributed by atoms with Gasteiger partial charge in [-0.1, -0.05) is 37.1 Å². The minimum absolute atomic E-state index is 0.338. The zero-order valence-electron chi connectivity index (χ0n) is 17.9. The quantitative estimate of drug-likeness (QED) is 0.365. The first-order valence-electron chi connectivity index (χ1n) is 10.8. The molecular weight excluding hydrogens is 362 g/mol. The molecule has 6 heteroatoms. The van der Waals surface area contributed by atoms with Crippen LogP contribution in [0.5, 0.6) is 0 Å². The molecule has 0 atom stereocenters. The van der Waals surface area contributed by atoms with E-state index in [1.807, 2.05) is 30.2 Å². The second-order valence-electron chi connectivity index (χ2n) is 7.91. The van der Waals surface area contributed by atoms with Crippen LogP contribution in [0.4, 0.5) is 0 Å². The van der Waals surface area contributed by atoms with Crippen molar-refractivity contribution >= 4 is 5.96 Å².